The molecule has 2 nitrogen and oxygen atoms in total. The third-order valence-electron chi connectivity index (χ3n) is 2.70. The van der Waals surface area contributed by atoms with Crippen molar-refractivity contribution in [2.75, 3.05) is 13.1 Å². The van der Waals surface area contributed by atoms with Crippen LogP contribution in [-0.4, -0.2) is 24.7 Å². The smallest absolute Gasteiger partial charge is 0.00991 e. The topological polar surface area (TPSA) is 24.1 Å². The number of piperidine rings is 1. The maximum absolute atomic E-state index is 3.65. The SMILES string of the molecule is CC(NC(C)(C)C)C1CCCNC1. The lowest BCUT2D eigenvalue weighted by Crippen LogP contribution is -2.49. The van der Waals surface area contributed by atoms with Crippen LogP contribution < -0.4 is 10.6 Å². The zero-order chi connectivity index (χ0) is 9.90. The van der Waals surface area contributed by atoms with Crippen LogP contribution in [0.1, 0.15) is 40.5 Å². The Morgan fingerprint density at radius 3 is 2.54 bits per heavy atom. The summed E-state index contributed by atoms with van der Waals surface area (Å²) < 4.78 is 0. The molecule has 1 rings (SSSR count). The highest BCUT2D eigenvalue weighted by Gasteiger charge is 2.22. The standard InChI is InChI=1S/C11H24N2/c1-9(13-11(2,3)4)10-6-5-7-12-8-10/h9-10,12-13H,5-8H2,1-4H3. The molecule has 2 heteroatoms. The molecule has 78 valence electrons. The molecule has 0 aliphatic carbocycles. The second-order valence-electron chi connectivity index (χ2n) is 5.29. The van der Waals surface area contributed by atoms with Gasteiger partial charge in [0.1, 0.15) is 0 Å². The number of hydrogen-bond acceptors (Lipinski definition) is 2. The van der Waals surface area contributed by atoms with Crippen molar-refractivity contribution < 1.29 is 0 Å². The van der Waals surface area contributed by atoms with Crippen molar-refractivity contribution in [1.82, 2.24) is 10.6 Å². The van der Waals surface area contributed by atoms with Gasteiger partial charge in [-0.25, -0.2) is 0 Å². The fourth-order valence-electron chi connectivity index (χ4n) is 2.11. The maximum Gasteiger partial charge on any atom is 0.00991 e. The summed E-state index contributed by atoms with van der Waals surface area (Å²) in [5.41, 5.74) is 0.247. The van der Waals surface area contributed by atoms with E-state index in [1.165, 1.54) is 25.9 Å². The van der Waals surface area contributed by atoms with Crippen molar-refractivity contribution >= 4 is 0 Å². The van der Waals surface area contributed by atoms with Gasteiger partial charge < -0.3 is 10.6 Å². The Hall–Kier alpha value is -0.0800. The quantitative estimate of drug-likeness (QED) is 0.683. The van der Waals surface area contributed by atoms with E-state index in [1.807, 2.05) is 0 Å². The first-order valence-electron chi connectivity index (χ1n) is 5.47. The van der Waals surface area contributed by atoms with Crippen LogP contribution in [-0.2, 0) is 0 Å². The van der Waals surface area contributed by atoms with E-state index in [1.54, 1.807) is 0 Å². The third-order valence-corrected chi connectivity index (χ3v) is 2.70. The molecule has 1 aliphatic heterocycles. The molecule has 2 unspecified atom stereocenters. The molecule has 0 aromatic rings. The zero-order valence-electron chi connectivity index (χ0n) is 9.48. The first-order chi connectivity index (χ1) is 5.99. The van der Waals surface area contributed by atoms with E-state index in [0.29, 0.717) is 6.04 Å². The highest BCUT2D eigenvalue weighted by molar-refractivity contribution is 4.83. The lowest BCUT2D eigenvalue weighted by atomic mass is 9.91. The molecule has 1 aliphatic rings. The summed E-state index contributed by atoms with van der Waals surface area (Å²) in [5.74, 6) is 0.813. The van der Waals surface area contributed by atoms with Gasteiger partial charge in [0, 0.05) is 11.6 Å². The third kappa shape index (κ3) is 4.10. The van der Waals surface area contributed by atoms with E-state index < -0.39 is 0 Å². The van der Waals surface area contributed by atoms with Crippen molar-refractivity contribution in [1.29, 1.82) is 0 Å². The first kappa shape index (κ1) is 11.0. The van der Waals surface area contributed by atoms with Crippen LogP contribution in [0.3, 0.4) is 0 Å². The van der Waals surface area contributed by atoms with E-state index in [9.17, 15) is 0 Å². The monoisotopic (exact) mass is 184 g/mol. The van der Waals surface area contributed by atoms with Gasteiger partial charge >= 0.3 is 0 Å². The molecular formula is C11H24N2. The van der Waals surface area contributed by atoms with E-state index >= 15 is 0 Å². The highest BCUT2D eigenvalue weighted by Crippen LogP contribution is 2.16. The van der Waals surface area contributed by atoms with Crippen molar-refractivity contribution in [2.45, 2.75) is 52.1 Å². The van der Waals surface area contributed by atoms with E-state index in [4.69, 9.17) is 0 Å². The molecule has 0 aromatic carbocycles. The van der Waals surface area contributed by atoms with Crippen LogP contribution in [0.15, 0.2) is 0 Å². The molecule has 0 amide bonds. The Morgan fingerprint density at radius 1 is 1.38 bits per heavy atom. The molecule has 0 bridgehead atoms. The minimum Gasteiger partial charge on any atom is -0.316 e. The van der Waals surface area contributed by atoms with Gasteiger partial charge in [-0.1, -0.05) is 0 Å². The minimum absolute atomic E-state index is 0.247. The fraction of sp³-hybridized carbons (Fsp3) is 1.00. The molecule has 1 fully saturated rings. The van der Waals surface area contributed by atoms with E-state index in [2.05, 4.69) is 38.3 Å². The fourth-order valence-corrected chi connectivity index (χ4v) is 2.11. The zero-order valence-corrected chi connectivity index (χ0v) is 9.48. The summed E-state index contributed by atoms with van der Waals surface area (Å²) in [6, 6.07) is 0.632. The maximum atomic E-state index is 3.65. The second kappa shape index (κ2) is 4.43. The van der Waals surface area contributed by atoms with Gasteiger partial charge in [-0.15, -0.1) is 0 Å². The molecule has 0 aromatic heterocycles. The van der Waals surface area contributed by atoms with Crippen molar-refractivity contribution in [3.05, 3.63) is 0 Å². The van der Waals surface area contributed by atoms with Crippen molar-refractivity contribution in [2.24, 2.45) is 5.92 Å². The number of hydrogen-bond donors (Lipinski definition) is 2. The van der Waals surface area contributed by atoms with Gasteiger partial charge in [0.05, 0.1) is 0 Å². The van der Waals surface area contributed by atoms with Crippen LogP contribution in [0, 0.1) is 5.92 Å². The van der Waals surface area contributed by atoms with Gasteiger partial charge in [0.2, 0.25) is 0 Å². The normalized spacial score (nSPS) is 27.2. The summed E-state index contributed by atoms with van der Waals surface area (Å²) in [5, 5.41) is 7.11. The van der Waals surface area contributed by atoms with Crippen molar-refractivity contribution in [3.8, 4) is 0 Å². The molecule has 1 saturated heterocycles. The molecule has 2 atom stereocenters. The van der Waals surface area contributed by atoms with Crippen LogP contribution >= 0.6 is 0 Å². The van der Waals surface area contributed by atoms with Crippen LogP contribution in [0.5, 0.6) is 0 Å². The summed E-state index contributed by atoms with van der Waals surface area (Å²) in [6.45, 7) is 11.4. The summed E-state index contributed by atoms with van der Waals surface area (Å²) in [7, 11) is 0. The van der Waals surface area contributed by atoms with Gasteiger partial charge in [0.25, 0.3) is 0 Å². The summed E-state index contributed by atoms with van der Waals surface area (Å²) in [4.78, 5) is 0. The summed E-state index contributed by atoms with van der Waals surface area (Å²) in [6.07, 6.45) is 2.71. The van der Waals surface area contributed by atoms with Gasteiger partial charge in [-0.3, -0.25) is 0 Å². The lowest BCUT2D eigenvalue weighted by Gasteiger charge is -2.34. The van der Waals surface area contributed by atoms with Gasteiger partial charge in [-0.05, 0) is 59.5 Å². The molecule has 0 spiro atoms. The Kier molecular flexibility index (Phi) is 3.74. The summed E-state index contributed by atoms with van der Waals surface area (Å²) >= 11 is 0. The Labute approximate surface area is 82.5 Å². The van der Waals surface area contributed by atoms with Crippen LogP contribution in [0.25, 0.3) is 0 Å². The molecule has 2 N–H and O–H groups in total. The molecule has 0 saturated carbocycles. The largest absolute Gasteiger partial charge is 0.316 e. The predicted octanol–water partition coefficient (Wildman–Crippen LogP) is 1.76. The number of rotatable bonds is 2. The average molecular weight is 184 g/mol. The van der Waals surface area contributed by atoms with Crippen LogP contribution in [0.4, 0.5) is 0 Å². The first-order valence-corrected chi connectivity index (χ1v) is 5.47. The highest BCUT2D eigenvalue weighted by atomic mass is 15.0. The lowest BCUT2D eigenvalue weighted by molar-refractivity contribution is 0.253. The Bertz CT molecular complexity index is 143. The van der Waals surface area contributed by atoms with Gasteiger partial charge in [-0.2, -0.15) is 0 Å². The molecule has 0 radical (unpaired) electrons. The molecule has 13 heavy (non-hydrogen) atoms. The van der Waals surface area contributed by atoms with E-state index in [-0.39, 0.29) is 5.54 Å². The van der Waals surface area contributed by atoms with E-state index in [0.717, 1.165) is 5.92 Å². The Morgan fingerprint density at radius 2 is 2.08 bits per heavy atom. The molecular weight excluding hydrogens is 160 g/mol. The van der Waals surface area contributed by atoms with Crippen molar-refractivity contribution in [3.63, 3.8) is 0 Å². The van der Waals surface area contributed by atoms with Crippen LogP contribution in [0.2, 0.25) is 0 Å². The average Bonchev–Trinajstić information content (AvgIpc) is 2.03. The van der Waals surface area contributed by atoms with Gasteiger partial charge in [0.15, 0.2) is 0 Å². The Balaban J connectivity index is 2.33. The second-order valence-corrected chi connectivity index (χ2v) is 5.29. The predicted molar refractivity (Wildman–Crippen MR) is 57.9 cm³/mol. The number of nitrogens with one attached hydrogen (secondary N) is 2. The minimum atomic E-state index is 0.247. The molecule has 1 heterocycles.